The van der Waals surface area contributed by atoms with E-state index in [9.17, 15) is 29.4 Å². The molecule has 2 saturated heterocycles. The summed E-state index contributed by atoms with van der Waals surface area (Å²) >= 11 is 0. The molecule has 2 aromatic carbocycles. The number of nitrogens with zero attached hydrogens (tertiary/aromatic N) is 2. The van der Waals surface area contributed by atoms with E-state index in [1.165, 1.54) is 24.1 Å². The second kappa shape index (κ2) is 11.4. The van der Waals surface area contributed by atoms with Crippen LogP contribution in [-0.4, -0.2) is 80.9 Å². The molecule has 7 atom stereocenters. The molecule has 214 valence electrons. The molecule has 40 heavy (non-hydrogen) atoms. The van der Waals surface area contributed by atoms with Crippen molar-refractivity contribution < 1.29 is 38.7 Å². The topological polar surface area (TPSA) is 133 Å². The first kappa shape index (κ1) is 29.2. The Morgan fingerprint density at radius 1 is 1.05 bits per heavy atom. The Bertz CT molecular complexity index is 1280. The molecule has 4 rings (SSSR count). The van der Waals surface area contributed by atoms with Crippen LogP contribution in [0.4, 0.5) is 0 Å². The third-order valence-electron chi connectivity index (χ3n) is 8.20. The zero-order valence-corrected chi connectivity index (χ0v) is 23.5. The molecular formula is C30H38N3O7+. The summed E-state index contributed by atoms with van der Waals surface area (Å²) in [5, 5.41) is 25.8. The van der Waals surface area contributed by atoms with Crippen LogP contribution in [0.25, 0.3) is 0 Å². The Labute approximate surface area is 234 Å². The monoisotopic (exact) mass is 552 g/mol. The lowest BCUT2D eigenvalue weighted by Gasteiger charge is -2.43. The molecule has 0 saturated carbocycles. The number of quaternary nitrogens is 1. The number of aliphatic hydroxyl groups excluding tert-OH is 1. The maximum atomic E-state index is 14.3. The Morgan fingerprint density at radius 2 is 1.68 bits per heavy atom. The number of esters is 1. The number of carbonyl (C=O) groups is 4. The number of para-hydroxylation sites is 1. The molecule has 0 aromatic heterocycles. The molecule has 7 unspecified atom stereocenters. The number of phenolic OH excluding ortho intramolecular Hbond substituents is 1. The van der Waals surface area contributed by atoms with Crippen LogP contribution in [0.2, 0.25) is 0 Å². The molecule has 2 aromatic rings. The highest BCUT2D eigenvalue weighted by molar-refractivity contribution is 6.00. The van der Waals surface area contributed by atoms with Crippen molar-refractivity contribution >= 4 is 23.7 Å². The molecule has 0 radical (unpaired) electrons. The molecule has 3 N–H and O–H groups in total. The lowest BCUT2D eigenvalue weighted by Crippen LogP contribution is -2.68. The summed E-state index contributed by atoms with van der Waals surface area (Å²) < 4.78 is 5.11. The summed E-state index contributed by atoms with van der Waals surface area (Å²) in [5.74, 6) is -3.74. The highest BCUT2D eigenvalue weighted by Gasteiger charge is 2.65. The number of amides is 3. The Kier molecular flexibility index (Phi) is 8.32. The highest BCUT2D eigenvalue weighted by Crippen LogP contribution is 2.37. The van der Waals surface area contributed by atoms with Crippen LogP contribution in [0.1, 0.15) is 50.0 Å². The largest absolute Gasteiger partial charge is 0.507 e. The van der Waals surface area contributed by atoms with Crippen LogP contribution < -0.4 is 5.32 Å². The third kappa shape index (κ3) is 5.21. The average Bonchev–Trinajstić information content (AvgIpc) is 3.11. The van der Waals surface area contributed by atoms with Crippen LogP contribution >= 0.6 is 0 Å². The van der Waals surface area contributed by atoms with Crippen molar-refractivity contribution in [1.29, 1.82) is 0 Å². The molecule has 2 aliphatic heterocycles. The number of likely N-dealkylation sites (N-methyl/N-ethyl adjacent to an activating group) is 1. The fourth-order valence-corrected chi connectivity index (χ4v) is 5.73. The van der Waals surface area contributed by atoms with Crippen molar-refractivity contribution in [1.82, 2.24) is 10.3 Å². The third-order valence-corrected chi connectivity index (χ3v) is 8.20. The second-order valence-corrected chi connectivity index (χ2v) is 11.3. The van der Waals surface area contributed by atoms with Gasteiger partial charge in [-0.3, -0.25) is 14.4 Å². The minimum absolute atomic E-state index is 0.00642. The van der Waals surface area contributed by atoms with E-state index < -0.39 is 64.5 Å². The molecule has 2 heterocycles. The predicted octanol–water partition coefficient (Wildman–Crippen LogP) is 2.19. The number of cyclic esters (lactones) is 1. The van der Waals surface area contributed by atoms with Gasteiger partial charge >= 0.3 is 11.9 Å². The first-order chi connectivity index (χ1) is 18.9. The minimum atomic E-state index is -1.36. The van der Waals surface area contributed by atoms with Gasteiger partial charge < -0.3 is 20.3 Å². The molecule has 10 heteroatoms. The van der Waals surface area contributed by atoms with Crippen molar-refractivity contribution in [2.75, 3.05) is 7.05 Å². The normalized spacial score (nSPS) is 30.8. The zero-order chi connectivity index (χ0) is 29.4. The molecule has 0 bridgehead atoms. The van der Waals surface area contributed by atoms with E-state index in [1.54, 1.807) is 26.1 Å². The van der Waals surface area contributed by atoms with Crippen molar-refractivity contribution in [3.05, 3.63) is 65.7 Å². The number of phenols is 1. The lowest BCUT2D eigenvalue weighted by molar-refractivity contribution is -0.954. The summed E-state index contributed by atoms with van der Waals surface area (Å²) in [4.78, 5) is 54.9. The Balaban J connectivity index is 1.83. The van der Waals surface area contributed by atoms with E-state index >= 15 is 0 Å². The maximum absolute atomic E-state index is 14.3. The smallest absolute Gasteiger partial charge is 0.379 e. The van der Waals surface area contributed by atoms with Gasteiger partial charge in [0.2, 0.25) is 6.10 Å². The van der Waals surface area contributed by atoms with Gasteiger partial charge in [-0.15, -0.1) is 0 Å². The number of aromatic hydroxyl groups is 1. The first-order valence-electron chi connectivity index (χ1n) is 13.6. The Morgan fingerprint density at radius 3 is 2.30 bits per heavy atom. The van der Waals surface area contributed by atoms with Gasteiger partial charge in [-0.25, -0.2) is 4.79 Å². The van der Waals surface area contributed by atoms with Crippen molar-refractivity contribution in [3.63, 3.8) is 0 Å². The van der Waals surface area contributed by atoms with Gasteiger partial charge in [0.15, 0.2) is 6.04 Å². The molecule has 0 aliphatic carbocycles. The number of ether oxygens (including phenoxy) is 1. The van der Waals surface area contributed by atoms with Crippen molar-refractivity contribution in [2.24, 2.45) is 11.8 Å². The van der Waals surface area contributed by atoms with Gasteiger partial charge in [-0.2, -0.15) is 9.60 Å². The van der Waals surface area contributed by atoms with Crippen LogP contribution in [-0.2, 0) is 25.5 Å². The van der Waals surface area contributed by atoms with E-state index in [4.69, 9.17) is 4.74 Å². The Hall–Kier alpha value is -3.76. The van der Waals surface area contributed by atoms with Crippen molar-refractivity contribution in [3.8, 4) is 5.75 Å². The van der Waals surface area contributed by atoms with Crippen molar-refractivity contribution in [2.45, 2.75) is 70.9 Å². The molecule has 2 aliphatic rings. The number of rotatable bonds is 6. The number of hydrogen-bond acceptors (Lipinski definition) is 7. The van der Waals surface area contributed by atoms with Gasteiger partial charge in [0.25, 0.3) is 11.8 Å². The zero-order valence-electron chi connectivity index (χ0n) is 23.5. The number of hydrogen-bond donors (Lipinski definition) is 3. The van der Waals surface area contributed by atoms with Gasteiger partial charge in [0.1, 0.15) is 17.8 Å². The molecule has 3 amide bonds. The van der Waals surface area contributed by atoms with E-state index in [-0.39, 0.29) is 30.1 Å². The van der Waals surface area contributed by atoms with Gasteiger partial charge in [-0.1, -0.05) is 56.3 Å². The summed E-state index contributed by atoms with van der Waals surface area (Å²) in [7, 11) is 1.57. The summed E-state index contributed by atoms with van der Waals surface area (Å²) in [5.41, 5.74) is 0.787. The summed E-state index contributed by atoms with van der Waals surface area (Å²) in [6.45, 7) is 7.00. The molecule has 0 spiro atoms. The predicted molar refractivity (Wildman–Crippen MR) is 145 cm³/mol. The highest BCUT2D eigenvalue weighted by atomic mass is 16.6. The van der Waals surface area contributed by atoms with E-state index in [0.29, 0.717) is 0 Å². The van der Waals surface area contributed by atoms with Crippen LogP contribution in [0.15, 0.2) is 54.6 Å². The van der Waals surface area contributed by atoms with Crippen LogP contribution in [0.5, 0.6) is 5.75 Å². The van der Waals surface area contributed by atoms with E-state index in [1.807, 2.05) is 44.2 Å². The number of fused-ring (bicyclic) bond motifs is 1. The van der Waals surface area contributed by atoms with Gasteiger partial charge in [0, 0.05) is 12.8 Å². The average molecular weight is 553 g/mol. The molecule has 10 nitrogen and oxygen atoms in total. The van der Waals surface area contributed by atoms with Gasteiger partial charge in [0.05, 0.1) is 24.6 Å². The number of carbonyl (C=O) groups excluding carboxylic acids is 4. The van der Waals surface area contributed by atoms with Gasteiger partial charge in [-0.05, 0) is 37.5 Å². The summed E-state index contributed by atoms with van der Waals surface area (Å²) in [6.07, 6.45) is -2.13. The van der Waals surface area contributed by atoms with Crippen LogP contribution in [0.3, 0.4) is 0 Å². The first-order valence-corrected chi connectivity index (χ1v) is 13.6. The molecule has 2 fully saturated rings. The lowest BCUT2D eigenvalue weighted by atomic mass is 9.92. The second-order valence-electron chi connectivity index (χ2n) is 11.3. The summed E-state index contributed by atoms with van der Waals surface area (Å²) in [6, 6.07) is 12.2. The van der Waals surface area contributed by atoms with E-state index in [0.717, 1.165) is 5.56 Å². The van der Waals surface area contributed by atoms with E-state index in [2.05, 4.69) is 5.32 Å². The molecular weight excluding hydrogens is 514 g/mol. The quantitative estimate of drug-likeness (QED) is 0.370. The number of nitrogens with one attached hydrogen (secondary N) is 1. The van der Waals surface area contributed by atoms with Crippen LogP contribution in [0, 0.1) is 11.8 Å². The number of benzene rings is 2. The SMILES string of the molecule is CC(C)CC1OC(=O)C(C)C(O)C(Cc2ccccc2)N2C(=O)C(NC(=O)c3ccccc3O)C(C)[N+]2(C)C1=O. The maximum Gasteiger partial charge on any atom is 0.379 e. The standard InChI is InChI=1S/C30H37N3O7/c1-17(2)15-24-29(38)33(5)19(4)25(31-27(36)21-13-9-10-14-23(21)34)28(37)32(33)22(16-20-11-7-6-8-12-20)26(35)18(3)30(39)40-24/h6-14,17-19,22,24-26,35H,15-16H2,1-5H3,(H-,31,34,36)/p+1. The number of aliphatic hydroxyl groups is 1. The minimum Gasteiger partial charge on any atom is -0.507 e. The fraction of sp³-hybridized carbons (Fsp3) is 0.467. The fourth-order valence-electron chi connectivity index (χ4n) is 5.73.